The van der Waals surface area contributed by atoms with Gasteiger partial charge in [-0.1, -0.05) is 18.2 Å². The van der Waals surface area contributed by atoms with Gasteiger partial charge < -0.3 is 4.90 Å². The molecule has 9 nitrogen and oxygen atoms in total. The lowest BCUT2D eigenvalue weighted by atomic mass is 10.0. The van der Waals surface area contributed by atoms with Crippen LogP contribution in [0.5, 0.6) is 0 Å². The van der Waals surface area contributed by atoms with Crippen molar-refractivity contribution in [2.45, 2.75) is 31.8 Å². The highest BCUT2D eigenvalue weighted by Crippen LogP contribution is 2.31. The van der Waals surface area contributed by atoms with E-state index in [2.05, 4.69) is 25.7 Å². The number of aromatic nitrogens is 7. The number of hydrogen-bond donors (Lipinski definition) is 0. The summed E-state index contributed by atoms with van der Waals surface area (Å²) in [5, 5.41) is 19.3. The summed E-state index contributed by atoms with van der Waals surface area (Å²) in [5.74, 6) is 0.774. The number of piperidine rings is 1. The molecule has 1 aromatic carbocycles. The van der Waals surface area contributed by atoms with Crippen LogP contribution < -0.4 is 0 Å². The van der Waals surface area contributed by atoms with Crippen LogP contribution in [-0.4, -0.2) is 52.3 Å². The fraction of sp³-hybridized carbons (Fsp3) is 0.375. The molecule has 0 spiro atoms. The van der Waals surface area contributed by atoms with Crippen molar-refractivity contribution in [1.82, 2.24) is 39.9 Å². The van der Waals surface area contributed by atoms with E-state index in [1.165, 1.54) is 11.0 Å². The molecule has 1 fully saturated rings. The van der Waals surface area contributed by atoms with Crippen molar-refractivity contribution >= 4 is 5.91 Å². The molecule has 1 amide bonds. The molecule has 9 heteroatoms. The fourth-order valence-electron chi connectivity index (χ4n) is 3.24. The highest BCUT2D eigenvalue weighted by molar-refractivity contribution is 5.76. The Kier molecular flexibility index (Phi) is 4.19. The first-order valence-corrected chi connectivity index (χ1v) is 8.28. The molecular formula is C16H18N8O. The van der Waals surface area contributed by atoms with Crippen LogP contribution >= 0.6 is 0 Å². The van der Waals surface area contributed by atoms with Gasteiger partial charge in [-0.2, -0.15) is 0 Å². The quantitative estimate of drug-likeness (QED) is 0.704. The van der Waals surface area contributed by atoms with E-state index in [1.54, 1.807) is 6.33 Å². The van der Waals surface area contributed by atoms with Crippen LogP contribution in [0.3, 0.4) is 0 Å². The summed E-state index contributed by atoms with van der Waals surface area (Å²) < 4.78 is 3.39. The van der Waals surface area contributed by atoms with Crippen LogP contribution in [0.15, 0.2) is 43.0 Å². The van der Waals surface area contributed by atoms with Crippen LogP contribution in [0.1, 0.15) is 31.1 Å². The summed E-state index contributed by atoms with van der Waals surface area (Å²) in [7, 11) is 0. The van der Waals surface area contributed by atoms with Crippen LogP contribution in [0.4, 0.5) is 0 Å². The van der Waals surface area contributed by atoms with Crippen molar-refractivity contribution in [2.75, 3.05) is 6.54 Å². The molecule has 25 heavy (non-hydrogen) atoms. The van der Waals surface area contributed by atoms with Gasteiger partial charge in [-0.25, -0.2) is 4.68 Å². The first-order valence-electron chi connectivity index (χ1n) is 8.28. The maximum atomic E-state index is 12.8. The molecule has 3 heterocycles. The molecule has 1 atom stereocenters. The van der Waals surface area contributed by atoms with Crippen molar-refractivity contribution in [3.05, 3.63) is 48.8 Å². The second-order valence-electron chi connectivity index (χ2n) is 6.00. The topological polar surface area (TPSA) is 94.6 Å². The molecule has 0 bridgehead atoms. The number of benzene rings is 1. The number of likely N-dealkylation sites (tertiary alicyclic amines) is 1. The van der Waals surface area contributed by atoms with E-state index in [0.29, 0.717) is 6.54 Å². The largest absolute Gasteiger partial charge is 0.331 e. The number of carbonyl (C=O) groups is 1. The van der Waals surface area contributed by atoms with Gasteiger partial charge in [0.15, 0.2) is 5.82 Å². The second kappa shape index (κ2) is 6.80. The Morgan fingerprint density at radius 3 is 2.80 bits per heavy atom. The van der Waals surface area contributed by atoms with E-state index in [1.807, 2.05) is 39.8 Å². The Balaban J connectivity index is 1.62. The van der Waals surface area contributed by atoms with Crippen LogP contribution in [-0.2, 0) is 11.3 Å². The van der Waals surface area contributed by atoms with E-state index >= 15 is 0 Å². The molecule has 1 unspecified atom stereocenters. The third kappa shape index (κ3) is 3.12. The number of nitrogens with zero attached hydrogens (tertiary/aromatic N) is 8. The smallest absolute Gasteiger partial charge is 0.245 e. The minimum Gasteiger partial charge on any atom is -0.331 e. The number of hydrogen-bond acceptors (Lipinski definition) is 6. The Bertz CT molecular complexity index is 829. The maximum Gasteiger partial charge on any atom is 0.245 e. The van der Waals surface area contributed by atoms with Gasteiger partial charge in [0.25, 0.3) is 0 Å². The predicted octanol–water partition coefficient (Wildman–Crippen LogP) is 1.01. The maximum absolute atomic E-state index is 12.8. The normalized spacial score (nSPS) is 17.6. The van der Waals surface area contributed by atoms with Crippen LogP contribution in [0.25, 0.3) is 5.69 Å². The summed E-state index contributed by atoms with van der Waals surface area (Å²) in [4.78, 5) is 14.6. The van der Waals surface area contributed by atoms with E-state index in [4.69, 9.17) is 0 Å². The number of tetrazole rings is 1. The Morgan fingerprint density at radius 2 is 2.00 bits per heavy atom. The molecule has 1 saturated heterocycles. The molecule has 0 saturated carbocycles. The monoisotopic (exact) mass is 338 g/mol. The third-order valence-corrected chi connectivity index (χ3v) is 4.42. The lowest BCUT2D eigenvalue weighted by Gasteiger charge is -2.35. The first-order chi connectivity index (χ1) is 12.3. The minimum atomic E-state index is -0.0968. The summed E-state index contributed by atoms with van der Waals surface area (Å²) in [6, 6.07) is 9.82. The summed E-state index contributed by atoms with van der Waals surface area (Å²) in [6.45, 7) is 0.830. The molecule has 0 N–H and O–H groups in total. The van der Waals surface area contributed by atoms with Gasteiger partial charge in [-0.3, -0.25) is 9.36 Å². The van der Waals surface area contributed by atoms with Gasteiger partial charge in [0.1, 0.15) is 19.2 Å². The molecule has 0 radical (unpaired) electrons. The summed E-state index contributed by atoms with van der Waals surface area (Å²) in [5.41, 5.74) is 0.987. The fourth-order valence-corrected chi connectivity index (χ4v) is 3.24. The third-order valence-electron chi connectivity index (χ3n) is 4.42. The average Bonchev–Trinajstić information content (AvgIpc) is 3.34. The van der Waals surface area contributed by atoms with E-state index in [9.17, 15) is 4.79 Å². The Morgan fingerprint density at radius 1 is 1.12 bits per heavy atom. The second-order valence-corrected chi connectivity index (χ2v) is 6.00. The summed E-state index contributed by atoms with van der Waals surface area (Å²) >= 11 is 0. The van der Waals surface area contributed by atoms with E-state index in [-0.39, 0.29) is 18.5 Å². The molecule has 3 aromatic rings. The summed E-state index contributed by atoms with van der Waals surface area (Å²) in [6.07, 6.45) is 6.05. The lowest BCUT2D eigenvalue weighted by Crippen LogP contribution is -2.41. The van der Waals surface area contributed by atoms with Crippen LogP contribution in [0.2, 0.25) is 0 Å². The minimum absolute atomic E-state index is 0.0142. The SMILES string of the molecule is O=C(Cn1cnnn1)N1CCCCC1c1nncn1-c1ccccc1. The van der Waals surface area contributed by atoms with Crippen molar-refractivity contribution in [2.24, 2.45) is 0 Å². The zero-order chi connectivity index (χ0) is 17.1. The molecule has 0 aliphatic carbocycles. The Hall–Kier alpha value is -3.10. The van der Waals surface area contributed by atoms with E-state index < -0.39 is 0 Å². The number of carbonyl (C=O) groups excluding carboxylic acids is 1. The zero-order valence-electron chi connectivity index (χ0n) is 13.6. The van der Waals surface area contributed by atoms with E-state index in [0.717, 1.165) is 30.8 Å². The number of amides is 1. The van der Waals surface area contributed by atoms with Gasteiger partial charge in [0.05, 0.1) is 6.04 Å². The Labute approximate surface area is 144 Å². The average molecular weight is 338 g/mol. The van der Waals surface area contributed by atoms with Crippen molar-refractivity contribution in [3.8, 4) is 5.69 Å². The number of para-hydroxylation sites is 1. The molecule has 128 valence electrons. The molecular weight excluding hydrogens is 320 g/mol. The molecule has 2 aromatic heterocycles. The first kappa shape index (κ1) is 15.4. The van der Waals surface area contributed by atoms with Crippen LogP contribution in [0, 0.1) is 0 Å². The molecule has 4 rings (SSSR count). The van der Waals surface area contributed by atoms with Crippen molar-refractivity contribution < 1.29 is 4.79 Å². The lowest BCUT2D eigenvalue weighted by molar-refractivity contribution is -0.136. The molecule has 1 aliphatic rings. The standard InChI is InChI=1S/C16H18N8O/c25-15(10-22-11-18-20-21-22)23-9-5-4-8-14(23)16-19-17-12-24(16)13-6-2-1-3-7-13/h1-3,6-7,11-12,14H,4-5,8-10H2. The van der Waals surface area contributed by atoms with Gasteiger partial charge in [-0.05, 0) is 41.8 Å². The van der Waals surface area contributed by atoms with Crippen molar-refractivity contribution in [1.29, 1.82) is 0 Å². The van der Waals surface area contributed by atoms with Crippen molar-refractivity contribution in [3.63, 3.8) is 0 Å². The van der Waals surface area contributed by atoms with Gasteiger partial charge in [0, 0.05) is 12.2 Å². The van der Waals surface area contributed by atoms with Gasteiger partial charge in [0.2, 0.25) is 5.91 Å². The number of rotatable bonds is 4. The molecule has 1 aliphatic heterocycles. The van der Waals surface area contributed by atoms with Gasteiger partial charge in [-0.15, -0.1) is 15.3 Å². The highest BCUT2D eigenvalue weighted by Gasteiger charge is 2.31. The van der Waals surface area contributed by atoms with Gasteiger partial charge >= 0.3 is 0 Å². The predicted molar refractivity (Wildman–Crippen MR) is 87.5 cm³/mol. The highest BCUT2D eigenvalue weighted by atomic mass is 16.2. The zero-order valence-corrected chi connectivity index (χ0v) is 13.6.